The van der Waals surface area contributed by atoms with Crippen molar-refractivity contribution in [3.63, 3.8) is 0 Å². The molecule has 0 fully saturated rings. The highest BCUT2D eigenvalue weighted by molar-refractivity contribution is 5.74. The molecule has 0 aliphatic rings. The van der Waals surface area contributed by atoms with Gasteiger partial charge in [0.15, 0.2) is 0 Å². The van der Waals surface area contributed by atoms with Crippen molar-refractivity contribution >= 4 is 12.3 Å². The summed E-state index contributed by atoms with van der Waals surface area (Å²) in [5, 5.41) is 0. The zero-order valence-electron chi connectivity index (χ0n) is 22.0. The number of unbranched alkanes of at least 4 members (excludes halogenated alkanes) is 12. The number of aldehydes is 1. The molecule has 1 aromatic carbocycles. The molecule has 35 heavy (non-hydrogen) atoms. The number of carbonyl (C=O) groups excluding carboxylic acids is 2. The van der Waals surface area contributed by atoms with Crippen LogP contribution in [0.1, 0.15) is 107 Å². The van der Waals surface area contributed by atoms with E-state index in [0.29, 0.717) is 50.8 Å². The number of ether oxygens (including phenoxy) is 4. The van der Waals surface area contributed by atoms with Crippen molar-refractivity contribution < 1.29 is 28.5 Å². The van der Waals surface area contributed by atoms with Gasteiger partial charge in [-0.05, 0) is 30.7 Å². The molecule has 0 aliphatic heterocycles. The third-order valence-electron chi connectivity index (χ3n) is 5.86. The zero-order valence-corrected chi connectivity index (χ0v) is 22.0. The second kappa shape index (κ2) is 23.8. The van der Waals surface area contributed by atoms with E-state index in [9.17, 15) is 9.59 Å². The van der Waals surface area contributed by atoms with Gasteiger partial charge in [-0.1, -0.05) is 84.0 Å². The van der Waals surface area contributed by atoms with Crippen LogP contribution in [0.15, 0.2) is 24.3 Å². The molecule has 0 aliphatic carbocycles. The van der Waals surface area contributed by atoms with E-state index in [1.165, 1.54) is 70.6 Å². The number of hydrogen-bond acceptors (Lipinski definition) is 6. The highest BCUT2D eigenvalue weighted by Gasteiger charge is 2.03. The van der Waals surface area contributed by atoms with Crippen LogP contribution in [0.2, 0.25) is 0 Å². The molecule has 0 saturated heterocycles. The summed E-state index contributed by atoms with van der Waals surface area (Å²) >= 11 is 0. The Morgan fingerprint density at radius 3 is 1.69 bits per heavy atom. The predicted octanol–water partition coefficient (Wildman–Crippen LogP) is 6.94. The normalized spacial score (nSPS) is 10.9. The second-order valence-electron chi connectivity index (χ2n) is 8.97. The van der Waals surface area contributed by atoms with Crippen molar-refractivity contribution in [2.45, 2.75) is 96.8 Å². The molecular weight excluding hydrogens is 444 g/mol. The third kappa shape index (κ3) is 20.0. The van der Waals surface area contributed by atoms with Gasteiger partial charge in [0.1, 0.15) is 25.2 Å². The van der Waals surface area contributed by atoms with Crippen molar-refractivity contribution in [3.05, 3.63) is 29.8 Å². The van der Waals surface area contributed by atoms with Crippen molar-refractivity contribution in [2.75, 3.05) is 39.6 Å². The summed E-state index contributed by atoms with van der Waals surface area (Å²) in [5.74, 6) is 0.572. The lowest BCUT2D eigenvalue weighted by Crippen LogP contribution is -2.14. The van der Waals surface area contributed by atoms with E-state index in [0.717, 1.165) is 19.1 Å². The third-order valence-corrected chi connectivity index (χ3v) is 5.86. The smallest absolute Gasteiger partial charge is 0.305 e. The van der Waals surface area contributed by atoms with E-state index in [1.54, 1.807) is 24.3 Å². The van der Waals surface area contributed by atoms with Gasteiger partial charge in [-0.3, -0.25) is 9.59 Å². The molecule has 6 heteroatoms. The Hall–Kier alpha value is -1.92. The fourth-order valence-electron chi connectivity index (χ4n) is 3.76. The average Bonchev–Trinajstić information content (AvgIpc) is 2.88. The lowest BCUT2D eigenvalue weighted by molar-refractivity contribution is -0.145. The zero-order chi connectivity index (χ0) is 25.2. The Morgan fingerprint density at radius 2 is 1.14 bits per heavy atom. The molecular formula is C29H48O6. The van der Waals surface area contributed by atoms with E-state index in [1.807, 2.05) is 0 Å². The number of hydrogen-bond donors (Lipinski definition) is 0. The summed E-state index contributed by atoms with van der Waals surface area (Å²) < 4.78 is 21.6. The summed E-state index contributed by atoms with van der Waals surface area (Å²) in [5.41, 5.74) is 0.621. The maximum atomic E-state index is 11.8. The standard InChI is InChI=1S/C29H48O6/c1-2-3-4-5-6-7-8-9-10-11-12-13-14-15-29(31)35-25-23-33-21-20-32-22-24-34-28-18-16-27(26-30)17-19-28/h16-19,26H,2-15,20-25H2,1H3. The number of esters is 1. The van der Waals surface area contributed by atoms with Gasteiger partial charge < -0.3 is 18.9 Å². The van der Waals surface area contributed by atoms with Crippen LogP contribution >= 0.6 is 0 Å². The summed E-state index contributed by atoms with van der Waals surface area (Å²) in [6.45, 7) is 4.72. The molecule has 0 heterocycles. The molecule has 6 nitrogen and oxygen atoms in total. The van der Waals surface area contributed by atoms with E-state index < -0.39 is 0 Å². The number of carbonyl (C=O) groups is 2. The fraction of sp³-hybridized carbons (Fsp3) is 0.724. The lowest BCUT2D eigenvalue weighted by atomic mass is 10.0. The van der Waals surface area contributed by atoms with Gasteiger partial charge in [-0.15, -0.1) is 0 Å². The maximum Gasteiger partial charge on any atom is 0.305 e. The van der Waals surface area contributed by atoms with Gasteiger partial charge in [-0.25, -0.2) is 0 Å². The highest BCUT2D eigenvalue weighted by atomic mass is 16.6. The molecule has 0 unspecified atom stereocenters. The van der Waals surface area contributed by atoms with E-state index in [-0.39, 0.29) is 12.6 Å². The fourth-order valence-corrected chi connectivity index (χ4v) is 3.76. The van der Waals surface area contributed by atoms with Crippen LogP contribution < -0.4 is 4.74 Å². The van der Waals surface area contributed by atoms with Gasteiger partial charge in [0.25, 0.3) is 0 Å². The molecule has 0 N–H and O–H groups in total. The minimum atomic E-state index is -0.133. The minimum absolute atomic E-state index is 0.133. The van der Waals surface area contributed by atoms with Gasteiger partial charge in [-0.2, -0.15) is 0 Å². The molecule has 0 saturated carbocycles. The van der Waals surface area contributed by atoms with E-state index in [2.05, 4.69) is 6.92 Å². The monoisotopic (exact) mass is 492 g/mol. The Bertz CT molecular complexity index is 616. The molecule has 200 valence electrons. The molecule has 0 spiro atoms. The van der Waals surface area contributed by atoms with Crippen LogP contribution in [-0.2, 0) is 19.0 Å². The van der Waals surface area contributed by atoms with Crippen LogP contribution in [0.4, 0.5) is 0 Å². The van der Waals surface area contributed by atoms with Crippen molar-refractivity contribution in [1.29, 1.82) is 0 Å². The summed E-state index contributed by atoms with van der Waals surface area (Å²) in [6.07, 6.45) is 18.2. The van der Waals surface area contributed by atoms with E-state index in [4.69, 9.17) is 18.9 Å². The second-order valence-corrected chi connectivity index (χ2v) is 8.97. The highest BCUT2D eigenvalue weighted by Crippen LogP contribution is 2.13. The molecule has 0 aromatic heterocycles. The van der Waals surface area contributed by atoms with Gasteiger partial charge in [0.05, 0.1) is 26.4 Å². The molecule has 1 rings (SSSR count). The van der Waals surface area contributed by atoms with Gasteiger partial charge in [0, 0.05) is 12.0 Å². The van der Waals surface area contributed by atoms with Crippen molar-refractivity contribution in [1.82, 2.24) is 0 Å². The first-order valence-electron chi connectivity index (χ1n) is 13.8. The molecule has 0 amide bonds. The summed E-state index contributed by atoms with van der Waals surface area (Å²) in [7, 11) is 0. The van der Waals surface area contributed by atoms with Gasteiger partial charge in [0.2, 0.25) is 0 Å². The minimum Gasteiger partial charge on any atom is -0.491 e. The van der Waals surface area contributed by atoms with Crippen molar-refractivity contribution in [2.24, 2.45) is 0 Å². The molecule has 0 radical (unpaired) electrons. The van der Waals surface area contributed by atoms with Crippen LogP contribution in [0.25, 0.3) is 0 Å². The van der Waals surface area contributed by atoms with Crippen molar-refractivity contribution in [3.8, 4) is 5.75 Å². The summed E-state index contributed by atoms with van der Waals surface area (Å²) in [4.78, 5) is 22.4. The van der Waals surface area contributed by atoms with Gasteiger partial charge >= 0.3 is 5.97 Å². The van der Waals surface area contributed by atoms with E-state index >= 15 is 0 Å². The first-order chi connectivity index (χ1) is 17.3. The first kappa shape index (κ1) is 31.1. The quantitative estimate of drug-likeness (QED) is 0.0837. The summed E-state index contributed by atoms with van der Waals surface area (Å²) in [6, 6.07) is 6.94. The molecule has 0 bridgehead atoms. The largest absolute Gasteiger partial charge is 0.491 e. The van der Waals surface area contributed by atoms with Crippen LogP contribution in [-0.4, -0.2) is 51.9 Å². The SMILES string of the molecule is CCCCCCCCCCCCCCCC(=O)OCCOCCOCCOc1ccc(C=O)cc1. The number of benzene rings is 1. The Kier molecular flexibility index (Phi) is 21.2. The van der Waals surface area contributed by atoms with Crippen LogP contribution in [0.3, 0.4) is 0 Å². The Morgan fingerprint density at radius 1 is 0.657 bits per heavy atom. The Labute approximate surface area is 213 Å². The first-order valence-corrected chi connectivity index (χ1v) is 13.8. The lowest BCUT2D eigenvalue weighted by Gasteiger charge is -2.08. The topological polar surface area (TPSA) is 71.1 Å². The van der Waals surface area contributed by atoms with Crippen LogP contribution in [0.5, 0.6) is 5.75 Å². The Balaban J connectivity index is 1.76. The average molecular weight is 493 g/mol. The maximum absolute atomic E-state index is 11.8. The molecule has 0 atom stereocenters. The number of rotatable bonds is 25. The molecule has 1 aromatic rings. The van der Waals surface area contributed by atoms with Crippen LogP contribution in [0, 0.1) is 0 Å². The predicted molar refractivity (Wildman–Crippen MR) is 140 cm³/mol.